The number of carbonyl (C=O) groups excluding carboxylic acids is 8. The van der Waals surface area contributed by atoms with E-state index in [1.165, 1.54) is 36.3 Å². The second-order valence-corrected chi connectivity index (χ2v) is 35.4. The number of Topliss-reactive ketones (excluding diaryl/α,β-unsaturated/α-hetero) is 3. The molecule has 131 heavy (non-hydrogen) atoms. The maximum absolute atomic E-state index is 14.8. The van der Waals surface area contributed by atoms with Crippen molar-refractivity contribution in [2.24, 2.45) is 35.5 Å². The number of H-pyrrole nitrogens is 1. The Labute approximate surface area is 764 Å². The van der Waals surface area contributed by atoms with Crippen LogP contribution in [0.2, 0.25) is 0 Å². The van der Waals surface area contributed by atoms with Crippen molar-refractivity contribution in [2.45, 2.75) is 206 Å². The predicted octanol–water partition coefficient (Wildman–Crippen LogP) is 8.43. The number of nitrogens with zero attached hydrogens (tertiary/aromatic N) is 12. The number of benzene rings is 1. The van der Waals surface area contributed by atoms with Gasteiger partial charge in [0.1, 0.15) is 59.6 Å². The van der Waals surface area contributed by atoms with E-state index in [1.54, 1.807) is 65.4 Å². The fraction of sp³-hybridized carbons (Fsp3) is 0.611. The summed E-state index contributed by atoms with van der Waals surface area (Å²) in [5.41, 5.74) is 14.6. The fourth-order valence-electron chi connectivity index (χ4n) is 18.2. The molecule has 36 nitrogen and oxygen atoms in total. The van der Waals surface area contributed by atoms with Crippen LogP contribution in [0.3, 0.4) is 0 Å². The molecule has 1 aromatic carbocycles. The second-order valence-electron chi connectivity index (χ2n) is 35.4. The fourth-order valence-corrected chi connectivity index (χ4v) is 18.2. The number of imidazole rings is 1. The zero-order valence-corrected chi connectivity index (χ0v) is 77.2. The van der Waals surface area contributed by atoms with Crippen LogP contribution in [0.15, 0.2) is 103 Å². The number of anilines is 2. The molecule has 6 aromatic rings. The van der Waals surface area contributed by atoms with Gasteiger partial charge in [-0.1, -0.05) is 89.3 Å². The molecule has 12 rings (SSSR count). The van der Waals surface area contributed by atoms with Gasteiger partial charge in [-0.25, -0.2) is 44.2 Å². The number of ether oxygens (including phenoxy) is 11. The van der Waals surface area contributed by atoms with Crippen LogP contribution in [-0.2, 0) is 100 Å². The molecule has 1 aliphatic carbocycles. The molecule has 4 fully saturated rings. The molecule has 6 N–H and O–H groups in total. The minimum atomic E-state index is -2.49. The lowest BCUT2D eigenvalue weighted by Crippen LogP contribution is -2.61. The van der Waals surface area contributed by atoms with Crippen molar-refractivity contribution in [2.75, 3.05) is 144 Å². The first-order valence-corrected chi connectivity index (χ1v) is 46.1. The summed E-state index contributed by atoms with van der Waals surface area (Å²) in [7, 11) is 4.50. The van der Waals surface area contributed by atoms with E-state index >= 15 is 0 Å². The highest BCUT2D eigenvalue weighted by molar-refractivity contribution is 6.39. The van der Waals surface area contributed by atoms with E-state index in [4.69, 9.17) is 62.9 Å². The van der Waals surface area contributed by atoms with Gasteiger partial charge in [0.15, 0.2) is 17.1 Å². The summed E-state index contributed by atoms with van der Waals surface area (Å²) < 4.78 is 66.5. The quantitative estimate of drug-likeness (QED) is 0.0122. The van der Waals surface area contributed by atoms with E-state index < -0.39 is 102 Å². The van der Waals surface area contributed by atoms with E-state index in [-0.39, 0.29) is 92.8 Å². The first-order valence-electron chi connectivity index (χ1n) is 46.1. The molecular weight excluding hydrogens is 1690 g/mol. The molecule has 3 saturated heterocycles. The van der Waals surface area contributed by atoms with Gasteiger partial charge in [0.05, 0.1) is 115 Å². The molecule has 2 bridgehead atoms. The number of allylic oxidation sites excluding steroid dienone is 6. The van der Waals surface area contributed by atoms with Crippen LogP contribution in [0.4, 0.5) is 16.6 Å². The van der Waals surface area contributed by atoms with Crippen molar-refractivity contribution in [1.82, 2.24) is 64.7 Å². The number of piperazine rings is 1. The summed E-state index contributed by atoms with van der Waals surface area (Å²) in [4.78, 5) is 149. The van der Waals surface area contributed by atoms with Crippen LogP contribution in [-0.4, -0.2) is 304 Å². The maximum atomic E-state index is 14.8. The van der Waals surface area contributed by atoms with E-state index in [9.17, 15) is 48.6 Å². The highest BCUT2D eigenvalue weighted by atomic mass is 16.6. The van der Waals surface area contributed by atoms with E-state index in [0.29, 0.717) is 202 Å². The van der Waals surface area contributed by atoms with Gasteiger partial charge < -0.3 is 98.0 Å². The standard InChI is InChI=1S/C95H131N15O21/c1-59-16-12-11-13-17-60(2)77(121-8)50-72-23-19-65(7)95(120,131-72)86(115)91(117)109-28-15-14-18-74(109)92(118)129-78(51-75(111)61(3)45-64(6)84(114)85(123-10)83(113)63(5)44-59)62(4)46-66-21-24-76(79(48-66)122-9)130-94(119)107-32-30-106(31-33-107)93-99-53-71(54-100-93)90(116)97-27-35-125-37-39-127-41-43-128-42-40-126-38-36-124-34-26-80(112)108-29-25-68-47-67(20-22-69(68)56-108)55-110-89-81(87(96)102-58-104-89)82(105-110)70-49-73-88(98-52-70)103-57-101-73/h11-13,16-17,20,22,45,47,49,52-54,57-59,61-63,65-66,72,74,76-79,84-85,114,120H,14-15,18-19,21,23-44,46,48,50-51,55-56H2,1-10H3,(H,97,116)(H2,96,102,104)(H,98,101,103)/b13-11+,16-12+,60-17+,64-45+/t59-,61-,62-,63-,65-,66+,72+,74+,76-,77+,78+,79-,84-,85+,95-/m1/s1. The Bertz CT molecular complexity index is 4980. The molecule has 0 unspecified atom stereocenters. The maximum Gasteiger partial charge on any atom is 0.410 e. The highest BCUT2D eigenvalue weighted by Crippen LogP contribution is 2.40. The number of aliphatic hydroxyl groups excluding tert-OH is 1. The van der Waals surface area contributed by atoms with Crippen molar-refractivity contribution in [1.29, 1.82) is 0 Å². The molecule has 10 heterocycles. The molecule has 6 aliphatic rings. The number of hydrogen-bond acceptors (Lipinski definition) is 30. The Kier molecular flexibility index (Phi) is 36.9. The van der Waals surface area contributed by atoms with Gasteiger partial charge in [-0.05, 0) is 136 Å². The van der Waals surface area contributed by atoms with E-state index in [2.05, 4.69) is 58.4 Å². The van der Waals surface area contributed by atoms with Crippen molar-refractivity contribution in [3.63, 3.8) is 0 Å². The molecule has 15 atom stereocenters. The number of fused-ring (bicyclic) bond motifs is 6. The van der Waals surface area contributed by atoms with Crippen molar-refractivity contribution in [3.8, 4) is 11.3 Å². The van der Waals surface area contributed by atoms with Gasteiger partial charge >= 0.3 is 12.1 Å². The van der Waals surface area contributed by atoms with Crippen LogP contribution >= 0.6 is 0 Å². The number of aromatic nitrogens is 9. The SMILES string of the molecule is CO[C@H]1C[C@@H]2CC[C@@H](C)[C@@](O)(O2)C(=O)C(=O)N2CCCC[C@H]2C(=O)O[C@H]([C@H](C)C[C@@H]2CC[C@@H](OC(=O)N3CCN(c4ncc(C(=O)NCCOCCOCCOCCOCCOCCC(=O)N5CCc6cc(Cn7nc(-c8cnc9[nH]cnc9c8)c8c(N)ncnc87)ccc6C5)cn4)CC3)[C@H](OC)C2)CC(=O)[C@H](C)/C=C(\C)[C@@H](O)[C@@H](OC)C(=O)[C@H](C)C[C@H](C)/C=C/C=C/C=C/1C. The first-order chi connectivity index (χ1) is 63.2. The number of carbonyl (C=O) groups is 8. The number of esters is 1. The van der Waals surface area contributed by atoms with Crippen molar-refractivity contribution in [3.05, 3.63) is 125 Å². The summed E-state index contributed by atoms with van der Waals surface area (Å²) in [6.45, 7) is 19.3. The number of aliphatic hydroxyl groups is 2. The lowest BCUT2D eigenvalue weighted by atomic mass is 9.78. The number of methoxy groups -OCH3 is 3. The summed E-state index contributed by atoms with van der Waals surface area (Å²) in [5, 5.41) is 32.3. The van der Waals surface area contributed by atoms with Gasteiger partial charge in [-0.2, -0.15) is 5.10 Å². The minimum absolute atomic E-state index is 0.0250. The molecule has 1 saturated carbocycles. The average Bonchev–Trinajstić information content (AvgIpc) is 1.69. The Balaban J connectivity index is 0.521. The summed E-state index contributed by atoms with van der Waals surface area (Å²) in [6.07, 6.45) is 18.0. The van der Waals surface area contributed by atoms with E-state index in [1.807, 2.05) is 71.7 Å². The number of amides is 4. The lowest BCUT2D eigenvalue weighted by molar-refractivity contribution is -0.265. The zero-order valence-electron chi connectivity index (χ0n) is 77.2. The highest BCUT2D eigenvalue weighted by Gasteiger charge is 2.53. The smallest absolute Gasteiger partial charge is 0.410 e. The van der Waals surface area contributed by atoms with Crippen molar-refractivity contribution < 1.29 is 101 Å². The van der Waals surface area contributed by atoms with Gasteiger partial charge in [0, 0.05) is 128 Å². The second kappa shape index (κ2) is 48.4. The van der Waals surface area contributed by atoms with Gasteiger partial charge in [-0.15, -0.1) is 0 Å². The van der Waals surface area contributed by atoms with Crippen LogP contribution in [0.1, 0.15) is 159 Å². The number of rotatable bonds is 30. The molecule has 712 valence electrons. The first kappa shape index (κ1) is 99.8. The molecule has 5 aromatic heterocycles. The zero-order chi connectivity index (χ0) is 93.3. The van der Waals surface area contributed by atoms with Crippen molar-refractivity contribution >= 4 is 81.1 Å². The Morgan fingerprint density at radius 2 is 1.45 bits per heavy atom. The van der Waals surface area contributed by atoms with Crippen LogP contribution in [0.5, 0.6) is 0 Å². The third kappa shape index (κ3) is 26.6. The number of nitrogens with two attached hydrogens (primary N) is 1. The molecule has 4 amide bonds. The molecular formula is C95H131N15O21. The number of nitrogen functional groups attached to an aromatic ring is 1. The van der Waals surface area contributed by atoms with Gasteiger partial charge in [0.2, 0.25) is 17.6 Å². The number of hydrogen-bond donors (Lipinski definition) is 5. The topological polar surface area (TPSA) is 441 Å². The Hall–Kier alpha value is -10.3. The normalized spacial score (nSPS) is 27.2. The number of pyridine rings is 1. The minimum Gasteiger partial charge on any atom is -0.460 e. The van der Waals surface area contributed by atoms with Crippen LogP contribution in [0.25, 0.3) is 33.5 Å². The molecule has 0 radical (unpaired) electrons. The molecule has 0 spiro atoms. The van der Waals surface area contributed by atoms with Crippen LogP contribution in [0, 0.1) is 35.5 Å². The Morgan fingerprint density at radius 3 is 2.17 bits per heavy atom. The predicted molar refractivity (Wildman–Crippen MR) is 484 cm³/mol. The monoisotopic (exact) mass is 1820 g/mol. The number of piperidine rings is 1. The van der Waals surface area contributed by atoms with E-state index in [0.717, 1.165) is 28.7 Å². The summed E-state index contributed by atoms with van der Waals surface area (Å²) in [6, 6.07) is 7.00. The van der Waals surface area contributed by atoms with Crippen LogP contribution < -0.4 is 16.0 Å². The number of nitrogens with one attached hydrogen (secondary N) is 2. The van der Waals surface area contributed by atoms with Gasteiger partial charge in [0.25, 0.3) is 17.6 Å². The van der Waals surface area contributed by atoms with Gasteiger partial charge in [-0.3, -0.25) is 28.8 Å². The summed E-state index contributed by atoms with van der Waals surface area (Å²) >= 11 is 0. The molecule has 36 heteroatoms. The average molecular weight is 1820 g/mol. The number of ketones is 3. The summed E-state index contributed by atoms with van der Waals surface area (Å²) in [5.74, 6) is -8.36. The third-order valence-corrected chi connectivity index (χ3v) is 26.0. The largest absolute Gasteiger partial charge is 0.460 e. The molecule has 5 aliphatic heterocycles. The third-order valence-electron chi connectivity index (χ3n) is 26.0. The Morgan fingerprint density at radius 1 is 0.725 bits per heavy atom. The lowest BCUT2D eigenvalue weighted by Gasteiger charge is -2.42. The number of aromatic amines is 1. The number of cyclic esters (lactones) is 1.